The van der Waals surface area contributed by atoms with Gasteiger partial charge in [-0.25, -0.2) is 4.79 Å². The van der Waals surface area contributed by atoms with Crippen LogP contribution in [0.1, 0.15) is 46.5 Å². The maximum atomic E-state index is 13.2. The quantitative estimate of drug-likeness (QED) is 0.333. The zero-order valence-electron chi connectivity index (χ0n) is 20.2. The largest absolute Gasteiger partial charge is 0.480 e. The zero-order valence-corrected chi connectivity index (χ0v) is 20.9. The summed E-state index contributed by atoms with van der Waals surface area (Å²) in [6.45, 7) is 4.76. The monoisotopic (exact) mass is 494 g/mol. The van der Waals surface area contributed by atoms with Crippen molar-refractivity contribution in [3.8, 4) is 11.1 Å². The fraction of sp³-hybridized carbons (Fsp3) is 0.286. The second-order valence-electron chi connectivity index (χ2n) is 8.46. The second-order valence-corrected chi connectivity index (χ2v) is 8.90. The van der Waals surface area contributed by atoms with E-state index in [-0.39, 0.29) is 12.5 Å². The summed E-state index contributed by atoms with van der Waals surface area (Å²) < 4.78 is 6.09. The van der Waals surface area contributed by atoms with Gasteiger partial charge in [0.25, 0.3) is 5.91 Å². The van der Waals surface area contributed by atoms with Crippen LogP contribution in [0.4, 0.5) is 0 Å². The number of aryl methyl sites for hydroxylation is 1. The number of ether oxygens (including phenoxy) is 1. The van der Waals surface area contributed by atoms with Crippen molar-refractivity contribution in [3.05, 3.63) is 94.0 Å². The number of benzene rings is 3. The van der Waals surface area contributed by atoms with Crippen molar-refractivity contribution in [2.24, 2.45) is 0 Å². The Bertz CT molecular complexity index is 1180. The van der Waals surface area contributed by atoms with Crippen LogP contribution >= 0.6 is 11.6 Å². The lowest BCUT2D eigenvalue weighted by Gasteiger charge is -2.18. The molecule has 0 aliphatic heterocycles. The average molecular weight is 495 g/mol. The van der Waals surface area contributed by atoms with Gasteiger partial charge in [0, 0.05) is 10.6 Å². The summed E-state index contributed by atoms with van der Waals surface area (Å²) >= 11 is 6.11. The maximum Gasteiger partial charge on any atom is 0.326 e. The third kappa shape index (κ3) is 7.15. The normalized spacial score (nSPS) is 12.7. The van der Waals surface area contributed by atoms with Gasteiger partial charge in [0.05, 0.1) is 12.7 Å². The van der Waals surface area contributed by atoms with Crippen molar-refractivity contribution in [3.63, 3.8) is 0 Å². The van der Waals surface area contributed by atoms with E-state index in [1.165, 1.54) is 0 Å². The number of rotatable bonds is 11. The van der Waals surface area contributed by atoms with E-state index in [0.29, 0.717) is 23.7 Å². The van der Waals surface area contributed by atoms with E-state index in [1.807, 2.05) is 74.5 Å². The van der Waals surface area contributed by atoms with E-state index in [1.54, 1.807) is 13.1 Å². The molecule has 0 radical (unpaired) electrons. The predicted molar refractivity (Wildman–Crippen MR) is 139 cm³/mol. The molecule has 2 atom stereocenters. The molecule has 0 fully saturated rings. The molecule has 0 spiro atoms. The van der Waals surface area contributed by atoms with Crippen molar-refractivity contribution >= 4 is 23.5 Å². The molecule has 1 amide bonds. The molecule has 3 aromatic rings. The summed E-state index contributed by atoms with van der Waals surface area (Å²) in [5.74, 6) is -1.49. The number of carbonyl (C=O) groups is 2. The highest BCUT2D eigenvalue weighted by atomic mass is 35.5. The SMILES string of the molecule is CNCCC(NC(=O)c1ccc(COC(C)c2cccc(Cl)c2)cc1-c1ccccc1C)C(=O)O. The molecule has 0 heterocycles. The third-order valence-corrected chi connectivity index (χ3v) is 6.10. The first kappa shape index (κ1) is 26.4. The number of hydrogen-bond donors (Lipinski definition) is 3. The van der Waals surface area contributed by atoms with E-state index < -0.39 is 17.9 Å². The topological polar surface area (TPSA) is 87.7 Å². The summed E-state index contributed by atoms with van der Waals surface area (Å²) in [6, 6.07) is 19.9. The van der Waals surface area contributed by atoms with E-state index in [9.17, 15) is 14.7 Å². The second kappa shape index (κ2) is 12.5. The molecule has 184 valence electrons. The lowest BCUT2D eigenvalue weighted by atomic mass is 9.93. The number of carboxylic acids is 1. The van der Waals surface area contributed by atoms with Gasteiger partial charge in [0.2, 0.25) is 0 Å². The highest BCUT2D eigenvalue weighted by Crippen LogP contribution is 2.29. The van der Waals surface area contributed by atoms with E-state index in [4.69, 9.17) is 16.3 Å². The van der Waals surface area contributed by atoms with Gasteiger partial charge in [-0.3, -0.25) is 4.79 Å². The number of amides is 1. The van der Waals surface area contributed by atoms with E-state index in [0.717, 1.165) is 27.8 Å². The molecule has 3 rings (SSSR count). The summed E-state index contributed by atoms with van der Waals surface area (Å²) in [4.78, 5) is 24.8. The Labute approximate surface area is 211 Å². The Kier molecular flexibility index (Phi) is 9.43. The van der Waals surface area contributed by atoms with Gasteiger partial charge in [-0.05, 0) is 85.9 Å². The molecule has 0 saturated carbocycles. The third-order valence-electron chi connectivity index (χ3n) is 5.87. The average Bonchev–Trinajstić information content (AvgIpc) is 2.85. The number of halogens is 1. The fourth-order valence-electron chi connectivity index (χ4n) is 3.84. The molecule has 35 heavy (non-hydrogen) atoms. The number of carbonyl (C=O) groups excluding carboxylic acids is 1. The Morgan fingerprint density at radius 3 is 2.49 bits per heavy atom. The minimum atomic E-state index is -1.06. The lowest BCUT2D eigenvalue weighted by Crippen LogP contribution is -2.42. The van der Waals surface area contributed by atoms with Crippen LogP contribution in [0.25, 0.3) is 11.1 Å². The number of nitrogens with one attached hydrogen (secondary N) is 2. The maximum absolute atomic E-state index is 13.2. The predicted octanol–water partition coefficient (Wildman–Crippen LogP) is 5.39. The van der Waals surface area contributed by atoms with Crippen LogP contribution in [-0.2, 0) is 16.1 Å². The van der Waals surface area contributed by atoms with Crippen molar-refractivity contribution in [2.75, 3.05) is 13.6 Å². The lowest BCUT2D eigenvalue weighted by molar-refractivity contribution is -0.139. The smallest absolute Gasteiger partial charge is 0.326 e. The number of hydrogen-bond acceptors (Lipinski definition) is 4. The molecule has 2 unspecified atom stereocenters. The Hall–Kier alpha value is -3.19. The Morgan fingerprint density at radius 1 is 1.03 bits per heavy atom. The van der Waals surface area contributed by atoms with Crippen LogP contribution in [0, 0.1) is 6.92 Å². The molecule has 0 aromatic heterocycles. The highest BCUT2D eigenvalue weighted by Gasteiger charge is 2.22. The first-order chi connectivity index (χ1) is 16.8. The standard InChI is InChI=1S/C28H31ClN2O4/c1-18-7-4-5-10-23(18)25-15-20(17-35-19(2)21-8-6-9-22(29)16-21)11-12-24(25)27(32)31-26(28(33)34)13-14-30-3/h4-12,15-16,19,26,30H,13-14,17H2,1-3H3,(H,31,32)(H,33,34). The molecule has 3 aromatic carbocycles. The molecule has 7 heteroatoms. The van der Waals surface area contributed by atoms with Gasteiger partial charge in [0.1, 0.15) is 6.04 Å². The summed E-state index contributed by atoms with van der Waals surface area (Å²) in [5.41, 5.74) is 4.95. The van der Waals surface area contributed by atoms with Crippen molar-refractivity contribution < 1.29 is 19.4 Å². The van der Waals surface area contributed by atoms with Crippen LogP contribution in [0.2, 0.25) is 5.02 Å². The molecule has 0 aliphatic carbocycles. The van der Waals surface area contributed by atoms with Crippen molar-refractivity contribution in [2.45, 2.75) is 39.0 Å². The van der Waals surface area contributed by atoms with Crippen molar-refractivity contribution in [1.82, 2.24) is 10.6 Å². The van der Waals surface area contributed by atoms with Gasteiger partial charge in [0.15, 0.2) is 0 Å². The molecule has 3 N–H and O–H groups in total. The molecular weight excluding hydrogens is 464 g/mol. The summed E-state index contributed by atoms with van der Waals surface area (Å²) in [7, 11) is 1.74. The van der Waals surface area contributed by atoms with Crippen LogP contribution < -0.4 is 10.6 Å². The van der Waals surface area contributed by atoms with Gasteiger partial charge in [-0.2, -0.15) is 0 Å². The van der Waals surface area contributed by atoms with Gasteiger partial charge >= 0.3 is 5.97 Å². The minimum Gasteiger partial charge on any atom is -0.480 e. The first-order valence-electron chi connectivity index (χ1n) is 11.5. The molecule has 0 aliphatic rings. The Morgan fingerprint density at radius 2 is 1.80 bits per heavy atom. The summed E-state index contributed by atoms with van der Waals surface area (Å²) in [6.07, 6.45) is 0.118. The van der Waals surface area contributed by atoms with Crippen LogP contribution in [0.15, 0.2) is 66.7 Å². The van der Waals surface area contributed by atoms with Crippen LogP contribution in [-0.4, -0.2) is 36.6 Å². The molecule has 6 nitrogen and oxygen atoms in total. The van der Waals surface area contributed by atoms with Crippen LogP contribution in [0.5, 0.6) is 0 Å². The van der Waals surface area contributed by atoms with Gasteiger partial charge in [-0.15, -0.1) is 0 Å². The molecular formula is C28H31ClN2O4. The number of carboxylic acid groups (broad SMARTS) is 1. The van der Waals surface area contributed by atoms with Gasteiger partial charge in [-0.1, -0.05) is 54.1 Å². The fourth-order valence-corrected chi connectivity index (χ4v) is 4.03. The Balaban J connectivity index is 1.88. The zero-order chi connectivity index (χ0) is 25.4. The van der Waals surface area contributed by atoms with E-state index in [2.05, 4.69) is 10.6 Å². The summed E-state index contributed by atoms with van der Waals surface area (Å²) in [5, 5.41) is 15.8. The van der Waals surface area contributed by atoms with E-state index >= 15 is 0 Å². The van der Waals surface area contributed by atoms with Crippen molar-refractivity contribution in [1.29, 1.82) is 0 Å². The minimum absolute atomic E-state index is 0.165. The van der Waals surface area contributed by atoms with Crippen LogP contribution in [0.3, 0.4) is 0 Å². The molecule has 0 bridgehead atoms. The molecule has 0 saturated heterocycles. The first-order valence-corrected chi connectivity index (χ1v) is 11.9. The van der Waals surface area contributed by atoms with Gasteiger partial charge < -0.3 is 20.5 Å². The number of aliphatic carboxylic acids is 1. The highest BCUT2D eigenvalue weighted by molar-refractivity contribution is 6.30.